The number of carbonyl (C=O) groups is 1. The largest absolute Gasteiger partial charge is 0.352 e. The van der Waals surface area contributed by atoms with Crippen molar-refractivity contribution in [3.63, 3.8) is 0 Å². The number of hydrogen-bond donors (Lipinski definition) is 2. The summed E-state index contributed by atoms with van der Waals surface area (Å²) < 4.78 is 0. The van der Waals surface area contributed by atoms with Crippen molar-refractivity contribution in [2.24, 2.45) is 0 Å². The lowest BCUT2D eigenvalue weighted by Gasteiger charge is -2.42. The second kappa shape index (κ2) is 5.30. The molecule has 3 rings (SSSR count). The lowest BCUT2D eigenvalue weighted by molar-refractivity contribution is -0.126. The average Bonchev–Trinajstić information content (AvgIpc) is 3.25. The van der Waals surface area contributed by atoms with E-state index in [4.69, 9.17) is 0 Å². The van der Waals surface area contributed by atoms with Crippen LogP contribution in [0.25, 0.3) is 0 Å². The Hall–Kier alpha value is -1.62. The Kier molecular flexibility index (Phi) is 3.61. The van der Waals surface area contributed by atoms with Crippen molar-refractivity contribution < 1.29 is 4.79 Å². The summed E-state index contributed by atoms with van der Waals surface area (Å²) >= 11 is 0. The molecule has 1 aromatic rings. The Balaban J connectivity index is 1.79. The SMILES string of the molecule is Cc1cc(CNC2CC2)cnc1N1CCNC(=O)C1(C)C. The normalized spacial score (nSPS) is 21.3. The van der Waals surface area contributed by atoms with Crippen LogP contribution in [0, 0.1) is 6.92 Å². The summed E-state index contributed by atoms with van der Waals surface area (Å²) in [6.45, 7) is 8.32. The fourth-order valence-electron chi connectivity index (χ4n) is 2.82. The van der Waals surface area contributed by atoms with Crippen LogP contribution in [0.4, 0.5) is 5.82 Å². The molecule has 2 aliphatic rings. The molecule has 5 nitrogen and oxygen atoms in total. The molecule has 1 aliphatic heterocycles. The minimum atomic E-state index is -0.552. The average molecular weight is 288 g/mol. The van der Waals surface area contributed by atoms with Gasteiger partial charge < -0.3 is 15.5 Å². The molecule has 1 aromatic heterocycles. The van der Waals surface area contributed by atoms with Crippen LogP contribution in [0.5, 0.6) is 0 Å². The zero-order valence-electron chi connectivity index (χ0n) is 13.1. The highest BCUT2D eigenvalue weighted by molar-refractivity contribution is 5.90. The minimum Gasteiger partial charge on any atom is -0.352 e. The number of amides is 1. The van der Waals surface area contributed by atoms with Gasteiger partial charge in [0.1, 0.15) is 11.4 Å². The first-order chi connectivity index (χ1) is 9.98. The number of piperazine rings is 1. The minimum absolute atomic E-state index is 0.0643. The van der Waals surface area contributed by atoms with Gasteiger partial charge in [-0.1, -0.05) is 0 Å². The molecule has 2 fully saturated rings. The predicted molar refractivity (Wildman–Crippen MR) is 83.3 cm³/mol. The highest BCUT2D eigenvalue weighted by Crippen LogP contribution is 2.27. The van der Waals surface area contributed by atoms with Crippen LogP contribution in [0.15, 0.2) is 12.3 Å². The molecular formula is C16H24N4O. The predicted octanol–water partition coefficient (Wildman–Crippen LogP) is 1.36. The van der Waals surface area contributed by atoms with E-state index in [-0.39, 0.29) is 5.91 Å². The van der Waals surface area contributed by atoms with Crippen LogP contribution >= 0.6 is 0 Å². The fourth-order valence-corrected chi connectivity index (χ4v) is 2.82. The summed E-state index contributed by atoms with van der Waals surface area (Å²) in [5, 5.41) is 6.43. The maximum Gasteiger partial charge on any atom is 0.245 e. The number of nitrogens with zero attached hydrogens (tertiary/aromatic N) is 2. The smallest absolute Gasteiger partial charge is 0.245 e. The van der Waals surface area contributed by atoms with Crippen LogP contribution in [-0.2, 0) is 11.3 Å². The quantitative estimate of drug-likeness (QED) is 0.878. The number of pyridine rings is 1. The van der Waals surface area contributed by atoms with Crippen LogP contribution in [-0.4, -0.2) is 35.6 Å². The lowest BCUT2D eigenvalue weighted by atomic mass is 9.98. The number of aromatic nitrogens is 1. The second-order valence-electron chi connectivity index (χ2n) is 6.61. The molecule has 1 amide bonds. The van der Waals surface area contributed by atoms with Gasteiger partial charge in [0.05, 0.1) is 0 Å². The number of carbonyl (C=O) groups excluding carboxylic acids is 1. The zero-order chi connectivity index (χ0) is 15.0. The maximum absolute atomic E-state index is 12.1. The van der Waals surface area contributed by atoms with E-state index in [2.05, 4.69) is 33.5 Å². The molecule has 21 heavy (non-hydrogen) atoms. The van der Waals surface area contributed by atoms with Crippen LogP contribution in [0.3, 0.4) is 0 Å². The van der Waals surface area contributed by atoms with Crippen molar-refractivity contribution >= 4 is 11.7 Å². The molecule has 1 saturated carbocycles. The van der Waals surface area contributed by atoms with Crippen molar-refractivity contribution in [2.45, 2.75) is 51.7 Å². The van der Waals surface area contributed by atoms with E-state index < -0.39 is 5.54 Å². The molecule has 1 saturated heterocycles. The molecule has 0 unspecified atom stereocenters. The number of nitrogens with one attached hydrogen (secondary N) is 2. The number of hydrogen-bond acceptors (Lipinski definition) is 4. The number of aryl methyl sites for hydroxylation is 1. The summed E-state index contributed by atoms with van der Waals surface area (Å²) in [6, 6.07) is 2.88. The maximum atomic E-state index is 12.1. The van der Waals surface area contributed by atoms with Crippen LogP contribution in [0.2, 0.25) is 0 Å². The molecule has 0 spiro atoms. The van der Waals surface area contributed by atoms with Gasteiger partial charge in [-0.25, -0.2) is 4.98 Å². The number of anilines is 1. The van der Waals surface area contributed by atoms with Crippen molar-refractivity contribution in [3.8, 4) is 0 Å². The molecule has 5 heteroatoms. The van der Waals surface area contributed by atoms with E-state index in [0.29, 0.717) is 12.6 Å². The lowest BCUT2D eigenvalue weighted by Crippen LogP contribution is -2.62. The fraction of sp³-hybridized carbons (Fsp3) is 0.625. The van der Waals surface area contributed by atoms with Crippen molar-refractivity contribution in [3.05, 3.63) is 23.4 Å². The molecule has 0 aromatic carbocycles. The first kappa shape index (κ1) is 14.3. The summed E-state index contributed by atoms with van der Waals surface area (Å²) in [4.78, 5) is 18.8. The van der Waals surface area contributed by atoms with E-state index in [0.717, 1.165) is 24.5 Å². The monoisotopic (exact) mass is 288 g/mol. The van der Waals surface area contributed by atoms with Crippen LogP contribution in [0.1, 0.15) is 37.8 Å². The second-order valence-corrected chi connectivity index (χ2v) is 6.61. The molecule has 114 valence electrons. The summed E-state index contributed by atoms with van der Waals surface area (Å²) in [5.74, 6) is 0.986. The third-order valence-electron chi connectivity index (χ3n) is 4.39. The highest BCUT2D eigenvalue weighted by Gasteiger charge is 2.38. The topological polar surface area (TPSA) is 57.3 Å². The zero-order valence-corrected chi connectivity index (χ0v) is 13.1. The van der Waals surface area contributed by atoms with Crippen LogP contribution < -0.4 is 15.5 Å². The molecule has 0 radical (unpaired) electrons. The Morgan fingerprint density at radius 3 is 2.90 bits per heavy atom. The summed E-state index contributed by atoms with van der Waals surface area (Å²) in [6.07, 6.45) is 4.52. The van der Waals surface area contributed by atoms with Gasteiger partial charge in [0.2, 0.25) is 5.91 Å². The van der Waals surface area contributed by atoms with E-state index in [1.165, 1.54) is 18.4 Å². The first-order valence-corrected chi connectivity index (χ1v) is 7.73. The molecule has 0 bridgehead atoms. The van der Waals surface area contributed by atoms with Gasteiger partial charge in [0, 0.05) is 31.9 Å². The Bertz CT molecular complexity index is 551. The molecule has 2 heterocycles. The standard InChI is InChI=1S/C16H24N4O/c1-11-8-12(9-18-13-4-5-13)10-19-14(11)20-7-6-17-15(21)16(20,2)3/h8,10,13,18H,4-7,9H2,1-3H3,(H,17,21). The van der Waals surface area contributed by atoms with E-state index in [1.807, 2.05) is 20.0 Å². The van der Waals surface area contributed by atoms with Crippen molar-refractivity contribution in [2.75, 3.05) is 18.0 Å². The van der Waals surface area contributed by atoms with Crippen molar-refractivity contribution in [1.82, 2.24) is 15.6 Å². The molecule has 2 N–H and O–H groups in total. The van der Waals surface area contributed by atoms with Gasteiger partial charge in [-0.2, -0.15) is 0 Å². The molecule has 1 aliphatic carbocycles. The van der Waals surface area contributed by atoms with Gasteiger partial charge in [0.15, 0.2) is 0 Å². The van der Waals surface area contributed by atoms with Crippen molar-refractivity contribution in [1.29, 1.82) is 0 Å². The molecule has 0 atom stereocenters. The van der Waals surface area contributed by atoms with Gasteiger partial charge in [-0.3, -0.25) is 4.79 Å². The van der Waals surface area contributed by atoms with E-state index in [1.54, 1.807) is 0 Å². The third kappa shape index (κ3) is 2.88. The summed E-state index contributed by atoms with van der Waals surface area (Å²) in [5.41, 5.74) is 1.79. The van der Waals surface area contributed by atoms with E-state index in [9.17, 15) is 4.79 Å². The summed E-state index contributed by atoms with van der Waals surface area (Å²) in [7, 11) is 0. The Morgan fingerprint density at radius 2 is 2.24 bits per heavy atom. The molecular weight excluding hydrogens is 264 g/mol. The Morgan fingerprint density at radius 1 is 1.48 bits per heavy atom. The number of rotatable bonds is 4. The Labute approximate surface area is 126 Å². The van der Waals surface area contributed by atoms with Gasteiger partial charge >= 0.3 is 0 Å². The highest BCUT2D eigenvalue weighted by atomic mass is 16.2. The van der Waals surface area contributed by atoms with Gasteiger partial charge in [0.25, 0.3) is 0 Å². The third-order valence-corrected chi connectivity index (χ3v) is 4.39. The first-order valence-electron chi connectivity index (χ1n) is 7.73. The van der Waals surface area contributed by atoms with Gasteiger partial charge in [-0.15, -0.1) is 0 Å². The van der Waals surface area contributed by atoms with Gasteiger partial charge in [-0.05, 0) is 50.8 Å². The van der Waals surface area contributed by atoms with E-state index >= 15 is 0 Å².